The molecular weight excluding hydrogens is 222 g/mol. The zero-order valence-electron chi connectivity index (χ0n) is 9.10. The Morgan fingerprint density at radius 1 is 1.50 bits per heavy atom. The molecule has 5 nitrogen and oxygen atoms in total. The molecule has 0 saturated carbocycles. The molecule has 0 aliphatic heterocycles. The number of aromatic amines is 1. The second-order valence-corrected chi connectivity index (χ2v) is 4.77. The number of rotatable bonds is 5. The summed E-state index contributed by atoms with van der Waals surface area (Å²) in [6, 6.07) is 4.30. The van der Waals surface area contributed by atoms with Crippen LogP contribution >= 0.6 is 11.3 Å². The van der Waals surface area contributed by atoms with E-state index in [4.69, 9.17) is 5.84 Å². The van der Waals surface area contributed by atoms with Gasteiger partial charge in [-0.25, -0.2) is 10.4 Å². The summed E-state index contributed by atoms with van der Waals surface area (Å²) < 4.78 is 0. The van der Waals surface area contributed by atoms with Crippen molar-refractivity contribution in [2.75, 3.05) is 0 Å². The first-order valence-corrected chi connectivity index (χ1v) is 6.04. The number of hydrogen-bond donors (Lipinski definition) is 3. The van der Waals surface area contributed by atoms with Crippen LogP contribution in [0.5, 0.6) is 0 Å². The maximum atomic E-state index is 5.52. The Morgan fingerprint density at radius 2 is 2.31 bits per heavy atom. The first-order valence-electron chi connectivity index (χ1n) is 5.22. The Morgan fingerprint density at radius 3 is 2.88 bits per heavy atom. The highest BCUT2D eigenvalue weighted by Crippen LogP contribution is 2.22. The van der Waals surface area contributed by atoms with Crippen LogP contribution in [0.1, 0.15) is 28.5 Å². The zero-order chi connectivity index (χ0) is 11.4. The zero-order valence-corrected chi connectivity index (χ0v) is 9.92. The third kappa shape index (κ3) is 2.46. The smallest absolute Gasteiger partial charge is 0.143 e. The minimum atomic E-state index is -0.00847. The summed E-state index contributed by atoms with van der Waals surface area (Å²) in [6.45, 7) is 2.16. The van der Waals surface area contributed by atoms with E-state index in [9.17, 15) is 0 Å². The maximum Gasteiger partial charge on any atom is 0.143 e. The summed E-state index contributed by atoms with van der Waals surface area (Å²) in [5.74, 6) is 6.29. The first-order chi connectivity index (χ1) is 7.83. The Bertz CT molecular complexity index is 422. The van der Waals surface area contributed by atoms with Crippen molar-refractivity contribution >= 4 is 11.3 Å². The highest BCUT2D eigenvalue weighted by atomic mass is 32.1. The van der Waals surface area contributed by atoms with Gasteiger partial charge in [-0.1, -0.05) is 6.92 Å². The van der Waals surface area contributed by atoms with Crippen molar-refractivity contribution in [3.8, 4) is 0 Å². The second kappa shape index (κ2) is 5.20. The molecule has 0 aromatic carbocycles. The van der Waals surface area contributed by atoms with Crippen LogP contribution in [0.3, 0.4) is 0 Å². The van der Waals surface area contributed by atoms with Crippen LogP contribution in [0.15, 0.2) is 18.5 Å². The molecule has 1 atom stereocenters. The molecule has 86 valence electrons. The van der Waals surface area contributed by atoms with Gasteiger partial charge in [0.2, 0.25) is 0 Å². The standard InChI is InChI=1S/C10H15N5S/c1-2-7-3-4-8(16-7)5-9(14-11)10-12-6-13-15-10/h3-4,6,9,14H,2,5,11H2,1H3,(H,12,13,15). The molecule has 0 aliphatic carbocycles. The normalized spacial score (nSPS) is 12.9. The number of aryl methyl sites for hydroxylation is 1. The lowest BCUT2D eigenvalue weighted by Crippen LogP contribution is -2.30. The Labute approximate surface area is 98.1 Å². The molecule has 2 aromatic heterocycles. The molecule has 0 fully saturated rings. The summed E-state index contributed by atoms with van der Waals surface area (Å²) in [6.07, 6.45) is 3.40. The van der Waals surface area contributed by atoms with Crippen LogP contribution in [-0.2, 0) is 12.8 Å². The monoisotopic (exact) mass is 237 g/mol. The molecule has 0 aliphatic rings. The van der Waals surface area contributed by atoms with Crippen LogP contribution in [0.2, 0.25) is 0 Å². The third-order valence-electron chi connectivity index (χ3n) is 2.44. The van der Waals surface area contributed by atoms with Gasteiger partial charge in [0.1, 0.15) is 12.2 Å². The highest BCUT2D eigenvalue weighted by Gasteiger charge is 2.14. The van der Waals surface area contributed by atoms with Crippen molar-refractivity contribution in [2.24, 2.45) is 5.84 Å². The average molecular weight is 237 g/mol. The van der Waals surface area contributed by atoms with E-state index in [0.29, 0.717) is 0 Å². The molecule has 4 N–H and O–H groups in total. The van der Waals surface area contributed by atoms with Crippen LogP contribution in [-0.4, -0.2) is 15.2 Å². The van der Waals surface area contributed by atoms with Crippen molar-refractivity contribution < 1.29 is 0 Å². The van der Waals surface area contributed by atoms with Crippen LogP contribution < -0.4 is 11.3 Å². The fourth-order valence-electron chi connectivity index (χ4n) is 1.54. The summed E-state index contributed by atoms with van der Waals surface area (Å²) in [5.41, 5.74) is 2.75. The van der Waals surface area contributed by atoms with Crippen molar-refractivity contribution in [3.05, 3.63) is 34.0 Å². The van der Waals surface area contributed by atoms with Gasteiger partial charge >= 0.3 is 0 Å². The van der Waals surface area contributed by atoms with Gasteiger partial charge in [-0.05, 0) is 18.6 Å². The van der Waals surface area contributed by atoms with E-state index < -0.39 is 0 Å². The summed E-state index contributed by atoms with van der Waals surface area (Å²) in [7, 11) is 0. The van der Waals surface area contributed by atoms with Gasteiger partial charge in [0.15, 0.2) is 0 Å². The predicted molar refractivity (Wildman–Crippen MR) is 63.8 cm³/mol. The fraction of sp³-hybridized carbons (Fsp3) is 0.400. The minimum Gasteiger partial charge on any atom is -0.271 e. The lowest BCUT2D eigenvalue weighted by molar-refractivity contribution is 0.528. The van der Waals surface area contributed by atoms with Gasteiger partial charge in [0, 0.05) is 16.2 Å². The van der Waals surface area contributed by atoms with Gasteiger partial charge in [0.05, 0.1) is 6.04 Å². The molecule has 16 heavy (non-hydrogen) atoms. The Hall–Kier alpha value is -1.24. The number of nitrogens with two attached hydrogens (primary N) is 1. The molecule has 0 spiro atoms. The highest BCUT2D eigenvalue weighted by molar-refractivity contribution is 7.11. The van der Waals surface area contributed by atoms with E-state index >= 15 is 0 Å². The average Bonchev–Trinajstić information content (AvgIpc) is 2.96. The number of aromatic nitrogens is 3. The lowest BCUT2D eigenvalue weighted by Gasteiger charge is -2.11. The van der Waals surface area contributed by atoms with Crippen LogP contribution in [0.4, 0.5) is 0 Å². The predicted octanol–water partition coefficient (Wildman–Crippen LogP) is 1.18. The quantitative estimate of drug-likeness (QED) is 0.539. The van der Waals surface area contributed by atoms with Gasteiger partial charge in [-0.2, -0.15) is 5.10 Å². The van der Waals surface area contributed by atoms with Crippen molar-refractivity contribution in [3.63, 3.8) is 0 Å². The van der Waals surface area contributed by atoms with E-state index in [0.717, 1.165) is 18.7 Å². The number of H-pyrrole nitrogens is 1. The van der Waals surface area contributed by atoms with E-state index in [1.165, 1.54) is 16.1 Å². The van der Waals surface area contributed by atoms with Crippen molar-refractivity contribution in [1.82, 2.24) is 20.6 Å². The minimum absolute atomic E-state index is 0.00847. The molecule has 0 amide bonds. The first kappa shape index (κ1) is 11.3. The van der Waals surface area contributed by atoms with Crippen LogP contribution in [0.25, 0.3) is 0 Å². The molecule has 2 heterocycles. The van der Waals surface area contributed by atoms with E-state index in [2.05, 4.69) is 39.7 Å². The largest absolute Gasteiger partial charge is 0.271 e. The SMILES string of the molecule is CCc1ccc(CC(NN)c2ncn[nH]2)s1. The molecule has 6 heteroatoms. The molecule has 2 rings (SSSR count). The number of thiophene rings is 1. The molecule has 0 bridgehead atoms. The third-order valence-corrected chi connectivity index (χ3v) is 3.69. The van der Waals surface area contributed by atoms with E-state index in [1.54, 1.807) is 0 Å². The molecular formula is C10H15N5S. The van der Waals surface area contributed by atoms with E-state index in [1.807, 2.05) is 11.3 Å². The number of nitrogens with zero attached hydrogens (tertiary/aromatic N) is 2. The molecule has 1 unspecified atom stereocenters. The Kier molecular flexibility index (Phi) is 3.66. The maximum absolute atomic E-state index is 5.52. The number of hydrazine groups is 1. The number of nitrogens with one attached hydrogen (secondary N) is 2. The topological polar surface area (TPSA) is 79.6 Å². The molecule has 2 aromatic rings. The van der Waals surface area contributed by atoms with Gasteiger partial charge in [-0.15, -0.1) is 11.3 Å². The summed E-state index contributed by atoms with van der Waals surface area (Å²) >= 11 is 1.82. The Balaban J connectivity index is 2.07. The van der Waals surface area contributed by atoms with Gasteiger partial charge in [-0.3, -0.25) is 10.9 Å². The number of hydrogen-bond acceptors (Lipinski definition) is 5. The van der Waals surface area contributed by atoms with Gasteiger partial charge < -0.3 is 0 Å². The van der Waals surface area contributed by atoms with E-state index in [-0.39, 0.29) is 6.04 Å². The fourth-order valence-corrected chi connectivity index (χ4v) is 2.54. The second-order valence-electron chi connectivity index (χ2n) is 3.52. The molecule has 0 saturated heterocycles. The van der Waals surface area contributed by atoms with Crippen LogP contribution in [0, 0.1) is 0 Å². The van der Waals surface area contributed by atoms with Crippen molar-refractivity contribution in [1.29, 1.82) is 0 Å². The van der Waals surface area contributed by atoms with Gasteiger partial charge in [0.25, 0.3) is 0 Å². The lowest BCUT2D eigenvalue weighted by atomic mass is 10.2. The van der Waals surface area contributed by atoms with Crippen molar-refractivity contribution in [2.45, 2.75) is 25.8 Å². The summed E-state index contributed by atoms with van der Waals surface area (Å²) in [5, 5.41) is 6.66. The summed E-state index contributed by atoms with van der Waals surface area (Å²) in [4.78, 5) is 6.80. The molecule has 0 radical (unpaired) electrons.